The first-order valence-electron chi connectivity index (χ1n) is 5.84. The number of methoxy groups -OCH3 is 1. The minimum atomic E-state index is -0.338. The molecular weight excluding hydrogens is 216 g/mol. The molecule has 1 fully saturated rings. The molecule has 1 atom stereocenters. The maximum Gasteiger partial charge on any atom is 0.315 e. The average Bonchev–Trinajstić information content (AvgIpc) is 2.78. The van der Waals surface area contributed by atoms with E-state index in [9.17, 15) is 4.79 Å². The summed E-state index contributed by atoms with van der Waals surface area (Å²) in [5.41, 5.74) is 7.63. The van der Waals surface area contributed by atoms with Crippen LogP contribution in [0, 0.1) is 6.92 Å². The van der Waals surface area contributed by atoms with Gasteiger partial charge in [-0.15, -0.1) is 0 Å². The van der Waals surface area contributed by atoms with E-state index in [0.29, 0.717) is 0 Å². The van der Waals surface area contributed by atoms with Crippen molar-refractivity contribution in [2.45, 2.75) is 25.8 Å². The van der Waals surface area contributed by atoms with Crippen LogP contribution in [-0.2, 0) is 0 Å². The highest BCUT2D eigenvalue weighted by Crippen LogP contribution is 2.35. The molecule has 0 aliphatic carbocycles. The standard InChI is InChI=1S/C13H18N2O2/c1-9-10(5-3-7-12(9)17-2)11-6-4-8-15(11)13(14)16/h3,5,7,11H,4,6,8H2,1-2H3,(H2,14,16)/t11-/m0/s1. The summed E-state index contributed by atoms with van der Waals surface area (Å²) in [6.45, 7) is 2.77. The zero-order chi connectivity index (χ0) is 12.4. The second-order valence-electron chi connectivity index (χ2n) is 4.36. The number of urea groups is 1. The van der Waals surface area contributed by atoms with E-state index in [4.69, 9.17) is 10.5 Å². The van der Waals surface area contributed by atoms with Gasteiger partial charge in [-0.2, -0.15) is 0 Å². The fourth-order valence-electron chi connectivity index (χ4n) is 2.57. The van der Waals surface area contributed by atoms with E-state index in [2.05, 4.69) is 0 Å². The van der Waals surface area contributed by atoms with Crippen LogP contribution >= 0.6 is 0 Å². The molecule has 2 rings (SSSR count). The third-order valence-electron chi connectivity index (χ3n) is 3.44. The molecule has 0 spiro atoms. The normalized spacial score (nSPS) is 19.4. The molecular formula is C13H18N2O2. The Morgan fingerprint density at radius 2 is 2.29 bits per heavy atom. The van der Waals surface area contributed by atoms with Gasteiger partial charge in [0.05, 0.1) is 13.2 Å². The van der Waals surface area contributed by atoms with E-state index in [1.165, 1.54) is 0 Å². The van der Waals surface area contributed by atoms with Crippen molar-refractivity contribution >= 4 is 6.03 Å². The average molecular weight is 234 g/mol. The molecule has 1 heterocycles. The number of hydrogen-bond donors (Lipinski definition) is 1. The number of carbonyl (C=O) groups excluding carboxylic acids is 1. The van der Waals surface area contributed by atoms with Crippen LogP contribution in [0.5, 0.6) is 5.75 Å². The van der Waals surface area contributed by atoms with E-state index in [1.807, 2.05) is 25.1 Å². The lowest BCUT2D eigenvalue weighted by Gasteiger charge is -2.25. The predicted octanol–water partition coefficient (Wildman–Crippen LogP) is 2.22. The van der Waals surface area contributed by atoms with Crippen LogP contribution in [0.4, 0.5) is 4.79 Å². The van der Waals surface area contributed by atoms with E-state index in [1.54, 1.807) is 12.0 Å². The van der Waals surface area contributed by atoms with E-state index in [0.717, 1.165) is 36.3 Å². The molecule has 4 heteroatoms. The monoisotopic (exact) mass is 234 g/mol. The maximum absolute atomic E-state index is 11.4. The van der Waals surface area contributed by atoms with Gasteiger partial charge in [0.15, 0.2) is 0 Å². The molecule has 1 aromatic rings. The Morgan fingerprint density at radius 1 is 1.53 bits per heavy atom. The topological polar surface area (TPSA) is 55.6 Å². The molecule has 17 heavy (non-hydrogen) atoms. The number of carbonyl (C=O) groups is 1. The van der Waals surface area contributed by atoms with Crippen molar-refractivity contribution in [1.29, 1.82) is 0 Å². The largest absolute Gasteiger partial charge is 0.496 e. The van der Waals surface area contributed by atoms with Crippen LogP contribution in [-0.4, -0.2) is 24.6 Å². The number of benzene rings is 1. The fourth-order valence-corrected chi connectivity index (χ4v) is 2.57. The highest BCUT2D eigenvalue weighted by Gasteiger charge is 2.29. The quantitative estimate of drug-likeness (QED) is 0.853. The Hall–Kier alpha value is -1.71. The van der Waals surface area contributed by atoms with Crippen molar-refractivity contribution in [3.63, 3.8) is 0 Å². The highest BCUT2D eigenvalue weighted by atomic mass is 16.5. The highest BCUT2D eigenvalue weighted by molar-refractivity contribution is 5.73. The first-order valence-corrected chi connectivity index (χ1v) is 5.84. The zero-order valence-electron chi connectivity index (χ0n) is 10.3. The van der Waals surface area contributed by atoms with Crippen LogP contribution in [0.15, 0.2) is 18.2 Å². The van der Waals surface area contributed by atoms with Crippen molar-refractivity contribution in [3.05, 3.63) is 29.3 Å². The molecule has 0 radical (unpaired) electrons. The van der Waals surface area contributed by atoms with E-state index in [-0.39, 0.29) is 12.1 Å². The van der Waals surface area contributed by atoms with Gasteiger partial charge in [-0.1, -0.05) is 12.1 Å². The summed E-state index contributed by atoms with van der Waals surface area (Å²) >= 11 is 0. The van der Waals surface area contributed by atoms with Gasteiger partial charge in [0.1, 0.15) is 5.75 Å². The fraction of sp³-hybridized carbons (Fsp3) is 0.462. The number of rotatable bonds is 2. The Balaban J connectivity index is 2.36. The summed E-state index contributed by atoms with van der Waals surface area (Å²) in [4.78, 5) is 13.1. The van der Waals surface area contributed by atoms with Gasteiger partial charge in [-0.3, -0.25) is 0 Å². The van der Waals surface area contributed by atoms with Gasteiger partial charge in [-0.25, -0.2) is 4.79 Å². The lowest BCUT2D eigenvalue weighted by atomic mass is 9.98. The number of amides is 2. The molecule has 2 amide bonds. The Labute approximate surface area is 101 Å². The van der Waals surface area contributed by atoms with Crippen LogP contribution in [0.25, 0.3) is 0 Å². The first kappa shape index (κ1) is 11.8. The number of likely N-dealkylation sites (tertiary alicyclic amines) is 1. The smallest absolute Gasteiger partial charge is 0.315 e. The van der Waals surface area contributed by atoms with E-state index < -0.39 is 0 Å². The SMILES string of the molecule is COc1cccc([C@@H]2CCCN2C(N)=O)c1C. The van der Waals surface area contributed by atoms with Crippen LogP contribution < -0.4 is 10.5 Å². The van der Waals surface area contributed by atoms with Crippen molar-refractivity contribution < 1.29 is 9.53 Å². The molecule has 0 unspecified atom stereocenters. The summed E-state index contributed by atoms with van der Waals surface area (Å²) in [6, 6.07) is 5.70. The van der Waals surface area contributed by atoms with Crippen molar-refractivity contribution in [2.24, 2.45) is 5.73 Å². The van der Waals surface area contributed by atoms with Crippen LogP contribution in [0.2, 0.25) is 0 Å². The lowest BCUT2D eigenvalue weighted by Crippen LogP contribution is -2.35. The molecule has 0 bridgehead atoms. The molecule has 1 aliphatic rings. The van der Waals surface area contributed by atoms with Gasteiger partial charge in [0.25, 0.3) is 0 Å². The number of hydrogen-bond acceptors (Lipinski definition) is 2. The molecule has 92 valence electrons. The maximum atomic E-state index is 11.4. The van der Waals surface area contributed by atoms with Crippen LogP contribution in [0.1, 0.15) is 30.0 Å². The second-order valence-corrected chi connectivity index (χ2v) is 4.36. The Kier molecular flexibility index (Phi) is 3.22. The van der Waals surface area contributed by atoms with Gasteiger partial charge in [0, 0.05) is 6.54 Å². The third kappa shape index (κ3) is 2.07. The first-order chi connectivity index (χ1) is 8.15. The molecule has 1 saturated heterocycles. The summed E-state index contributed by atoms with van der Waals surface area (Å²) in [5, 5.41) is 0. The number of ether oxygens (including phenoxy) is 1. The zero-order valence-corrected chi connectivity index (χ0v) is 10.3. The molecule has 4 nitrogen and oxygen atoms in total. The molecule has 0 saturated carbocycles. The molecule has 0 aromatic heterocycles. The minimum absolute atomic E-state index is 0.0996. The van der Waals surface area contributed by atoms with Gasteiger partial charge >= 0.3 is 6.03 Å². The van der Waals surface area contributed by atoms with Crippen LogP contribution in [0.3, 0.4) is 0 Å². The Morgan fingerprint density at radius 3 is 2.94 bits per heavy atom. The summed E-state index contributed by atoms with van der Waals surface area (Å²) in [7, 11) is 1.66. The molecule has 1 aliphatic heterocycles. The van der Waals surface area contributed by atoms with E-state index >= 15 is 0 Å². The lowest BCUT2D eigenvalue weighted by molar-refractivity contribution is 0.202. The van der Waals surface area contributed by atoms with Gasteiger partial charge in [-0.05, 0) is 37.0 Å². The third-order valence-corrected chi connectivity index (χ3v) is 3.44. The minimum Gasteiger partial charge on any atom is -0.496 e. The Bertz CT molecular complexity index is 431. The van der Waals surface area contributed by atoms with Gasteiger partial charge < -0.3 is 15.4 Å². The van der Waals surface area contributed by atoms with Gasteiger partial charge in [0.2, 0.25) is 0 Å². The molecule has 1 aromatic carbocycles. The predicted molar refractivity (Wildman–Crippen MR) is 66.0 cm³/mol. The van der Waals surface area contributed by atoms with Crippen molar-refractivity contribution in [3.8, 4) is 5.75 Å². The number of primary amides is 1. The number of nitrogens with zero attached hydrogens (tertiary/aromatic N) is 1. The number of nitrogens with two attached hydrogens (primary N) is 1. The van der Waals surface area contributed by atoms with Crippen molar-refractivity contribution in [2.75, 3.05) is 13.7 Å². The second kappa shape index (κ2) is 4.65. The van der Waals surface area contributed by atoms with Crippen molar-refractivity contribution in [1.82, 2.24) is 4.90 Å². The summed E-state index contributed by atoms with van der Waals surface area (Å²) in [5.74, 6) is 0.860. The summed E-state index contributed by atoms with van der Waals surface area (Å²) in [6.07, 6.45) is 1.97. The molecule has 2 N–H and O–H groups in total. The summed E-state index contributed by atoms with van der Waals surface area (Å²) < 4.78 is 5.31.